The van der Waals surface area contributed by atoms with Gasteiger partial charge >= 0.3 is 0 Å². The average Bonchev–Trinajstić information content (AvgIpc) is 2.49. The van der Waals surface area contributed by atoms with Crippen molar-refractivity contribution in [1.82, 2.24) is 4.90 Å². The largest absolute Gasteiger partial charge is 0.376 e. The number of piperidine rings is 1. The molecule has 2 heterocycles. The van der Waals surface area contributed by atoms with E-state index in [1.54, 1.807) is 0 Å². The Morgan fingerprint density at radius 2 is 2.00 bits per heavy atom. The molecular formula is C14H18ClNO. The zero-order valence-corrected chi connectivity index (χ0v) is 10.7. The molecular weight excluding hydrogens is 234 g/mol. The molecule has 3 heteroatoms. The molecule has 1 N–H and O–H groups in total. The number of rotatable bonds is 2. The van der Waals surface area contributed by atoms with Crippen molar-refractivity contribution in [3.63, 3.8) is 0 Å². The van der Waals surface area contributed by atoms with Crippen LogP contribution in [-0.4, -0.2) is 21.8 Å². The van der Waals surface area contributed by atoms with E-state index in [4.69, 9.17) is 11.6 Å². The Morgan fingerprint density at radius 1 is 1.24 bits per heavy atom. The highest BCUT2D eigenvalue weighted by Crippen LogP contribution is 2.43. The van der Waals surface area contributed by atoms with E-state index < -0.39 is 5.72 Å². The van der Waals surface area contributed by atoms with Crippen molar-refractivity contribution < 1.29 is 5.11 Å². The van der Waals surface area contributed by atoms with Gasteiger partial charge in [-0.3, -0.25) is 4.90 Å². The Labute approximate surface area is 107 Å². The maximum atomic E-state index is 10.6. The maximum absolute atomic E-state index is 10.6. The van der Waals surface area contributed by atoms with Crippen molar-refractivity contribution in [2.24, 2.45) is 0 Å². The molecule has 92 valence electrons. The van der Waals surface area contributed by atoms with E-state index >= 15 is 0 Å². The van der Waals surface area contributed by atoms with Gasteiger partial charge in [0, 0.05) is 17.6 Å². The van der Waals surface area contributed by atoms with Gasteiger partial charge in [0.2, 0.25) is 0 Å². The lowest BCUT2D eigenvalue weighted by atomic mass is 9.99. The minimum absolute atomic E-state index is 0.539. The highest BCUT2D eigenvalue weighted by molar-refractivity contribution is 6.30. The molecule has 1 aromatic carbocycles. The number of hydrogen-bond donors (Lipinski definition) is 1. The lowest BCUT2D eigenvalue weighted by molar-refractivity contribution is -0.123. The molecule has 2 saturated heterocycles. The molecule has 2 bridgehead atoms. The second-order valence-electron chi connectivity index (χ2n) is 5.32. The van der Waals surface area contributed by atoms with Crippen LogP contribution in [0.25, 0.3) is 0 Å². The van der Waals surface area contributed by atoms with Gasteiger partial charge in [0.05, 0.1) is 0 Å². The first-order valence-corrected chi connectivity index (χ1v) is 6.79. The van der Waals surface area contributed by atoms with Crippen LogP contribution in [0.15, 0.2) is 24.3 Å². The number of hydrogen-bond acceptors (Lipinski definition) is 2. The van der Waals surface area contributed by atoms with E-state index in [2.05, 4.69) is 17.0 Å². The van der Waals surface area contributed by atoms with Gasteiger partial charge in [-0.05, 0) is 49.8 Å². The van der Waals surface area contributed by atoms with Crippen LogP contribution < -0.4 is 0 Å². The first kappa shape index (κ1) is 11.5. The van der Waals surface area contributed by atoms with E-state index in [0.717, 1.165) is 37.3 Å². The second kappa shape index (κ2) is 4.27. The summed E-state index contributed by atoms with van der Waals surface area (Å²) in [4.78, 5) is 2.29. The smallest absolute Gasteiger partial charge is 0.119 e. The Hall–Kier alpha value is -0.570. The molecule has 2 fully saturated rings. The first-order chi connectivity index (χ1) is 8.17. The fraction of sp³-hybridized carbons (Fsp3) is 0.571. The third-order valence-corrected chi connectivity index (χ3v) is 4.49. The molecule has 0 amide bonds. The van der Waals surface area contributed by atoms with Gasteiger partial charge < -0.3 is 5.11 Å². The van der Waals surface area contributed by atoms with E-state index in [-0.39, 0.29) is 0 Å². The molecule has 17 heavy (non-hydrogen) atoms. The van der Waals surface area contributed by atoms with Gasteiger partial charge in [-0.25, -0.2) is 0 Å². The quantitative estimate of drug-likeness (QED) is 0.873. The Bertz CT molecular complexity index is 401. The number of aliphatic hydroxyl groups is 1. The summed E-state index contributed by atoms with van der Waals surface area (Å²) in [6.07, 6.45) is 5.40. The maximum Gasteiger partial charge on any atom is 0.119 e. The normalized spacial score (nSPS) is 32.9. The van der Waals surface area contributed by atoms with Crippen molar-refractivity contribution in [1.29, 1.82) is 0 Å². The highest BCUT2D eigenvalue weighted by Gasteiger charge is 2.46. The summed E-state index contributed by atoms with van der Waals surface area (Å²) in [6.45, 7) is 0.846. The van der Waals surface area contributed by atoms with Gasteiger partial charge in [-0.2, -0.15) is 0 Å². The summed E-state index contributed by atoms with van der Waals surface area (Å²) in [6, 6.07) is 8.53. The van der Waals surface area contributed by atoms with Crippen LogP contribution in [0.2, 0.25) is 5.02 Å². The fourth-order valence-electron chi connectivity index (χ4n) is 3.29. The van der Waals surface area contributed by atoms with E-state index in [1.165, 1.54) is 12.0 Å². The van der Waals surface area contributed by atoms with Crippen molar-refractivity contribution in [2.75, 3.05) is 0 Å². The molecule has 2 aliphatic rings. The number of fused-ring (bicyclic) bond motifs is 2. The lowest BCUT2D eigenvalue weighted by Crippen LogP contribution is -2.49. The summed E-state index contributed by atoms with van der Waals surface area (Å²) in [5, 5.41) is 11.4. The zero-order chi connectivity index (χ0) is 11.9. The molecule has 2 aliphatic heterocycles. The fourth-order valence-corrected chi connectivity index (χ4v) is 3.42. The molecule has 3 rings (SSSR count). The van der Waals surface area contributed by atoms with E-state index in [9.17, 15) is 5.11 Å². The number of nitrogens with zero attached hydrogens (tertiary/aromatic N) is 1. The molecule has 0 aromatic heterocycles. The Morgan fingerprint density at radius 3 is 2.71 bits per heavy atom. The zero-order valence-electron chi connectivity index (χ0n) is 9.90. The van der Waals surface area contributed by atoms with Crippen molar-refractivity contribution in [3.8, 4) is 0 Å². The predicted molar refractivity (Wildman–Crippen MR) is 68.8 cm³/mol. The lowest BCUT2D eigenvalue weighted by Gasteiger charge is -2.41. The molecule has 0 spiro atoms. The monoisotopic (exact) mass is 251 g/mol. The topological polar surface area (TPSA) is 23.5 Å². The third-order valence-electron chi connectivity index (χ3n) is 4.23. The molecule has 2 atom stereocenters. The van der Waals surface area contributed by atoms with Gasteiger partial charge in [-0.15, -0.1) is 0 Å². The number of halogens is 1. The van der Waals surface area contributed by atoms with Crippen LogP contribution in [0.1, 0.15) is 37.7 Å². The summed E-state index contributed by atoms with van der Waals surface area (Å²) in [5.74, 6) is 0. The molecule has 2 unspecified atom stereocenters. The molecule has 0 aliphatic carbocycles. The van der Waals surface area contributed by atoms with E-state index in [0.29, 0.717) is 6.04 Å². The van der Waals surface area contributed by atoms with Crippen LogP contribution in [0.4, 0.5) is 0 Å². The van der Waals surface area contributed by atoms with Crippen molar-refractivity contribution in [2.45, 2.75) is 50.4 Å². The van der Waals surface area contributed by atoms with Crippen LogP contribution in [-0.2, 0) is 6.54 Å². The first-order valence-electron chi connectivity index (χ1n) is 6.41. The molecule has 0 radical (unpaired) electrons. The van der Waals surface area contributed by atoms with Gasteiger partial charge in [0.15, 0.2) is 0 Å². The third kappa shape index (κ3) is 2.10. The van der Waals surface area contributed by atoms with E-state index in [1.807, 2.05) is 12.1 Å². The van der Waals surface area contributed by atoms with Gasteiger partial charge in [0.1, 0.15) is 5.72 Å². The van der Waals surface area contributed by atoms with Crippen LogP contribution in [0.3, 0.4) is 0 Å². The van der Waals surface area contributed by atoms with Crippen molar-refractivity contribution >= 4 is 11.6 Å². The standard InChI is InChI=1S/C14H18ClNO/c15-12-5-3-11(4-6-12)10-16-13-2-1-8-14(16,17)9-7-13/h3-6,13,17H,1-2,7-10H2. The molecule has 1 aromatic rings. The summed E-state index contributed by atoms with van der Waals surface area (Å²) < 4.78 is 0. The minimum Gasteiger partial charge on any atom is -0.376 e. The SMILES string of the molecule is OC12CCCC(CC1)N2Cc1ccc(Cl)cc1. The molecule has 0 saturated carbocycles. The molecule has 2 nitrogen and oxygen atoms in total. The van der Waals surface area contributed by atoms with Gasteiger partial charge in [0.25, 0.3) is 0 Å². The summed E-state index contributed by atoms with van der Waals surface area (Å²) in [5.41, 5.74) is 0.698. The summed E-state index contributed by atoms with van der Waals surface area (Å²) >= 11 is 5.89. The van der Waals surface area contributed by atoms with Crippen LogP contribution >= 0.6 is 11.6 Å². The minimum atomic E-state index is -0.539. The average molecular weight is 252 g/mol. The van der Waals surface area contributed by atoms with Crippen LogP contribution in [0.5, 0.6) is 0 Å². The second-order valence-corrected chi connectivity index (χ2v) is 5.76. The Kier molecular flexibility index (Phi) is 2.89. The van der Waals surface area contributed by atoms with Gasteiger partial charge in [-0.1, -0.05) is 23.7 Å². The highest BCUT2D eigenvalue weighted by atomic mass is 35.5. The van der Waals surface area contributed by atoms with Crippen molar-refractivity contribution in [3.05, 3.63) is 34.9 Å². The van der Waals surface area contributed by atoms with Crippen LogP contribution in [0, 0.1) is 0 Å². The predicted octanol–water partition coefficient (Wildman–Crippen LogP) is 3.18. The number of benzene rings is 1. The summed E-state index contributed by atoms with van der Waals surface area (Å²) in [7, 11) is 0. The Balaban J connectivity index is 1.79.